The van der Waals surface area contributed by atoms with Crippen LogP contribution in [0, 0.1) is 0 Å². The molecule has 0 spiro atoms. The summed E-state index contributed by atoms with van der Waals surface area (Å²) < 4.78 is 22.3. The van der Waals surface area contributed by atoms with Gasteiger partial charge in [-0.2, -0.15) is 0 Å². The third-order valence-electron chi connectivity index (χ3n) is 6.06. The van der Waals surface area contributed by atoms with Crippen LogP contribution in [0.3, 0.4) is 0 Å². The monoisotopic (exact) mass is 468 g/mol. The summed E-state index contributed by atoms with van der Waals surface area (Å²) in [6.07, 6.45) is 4.48. The van der Waals surface area contributed by atoms with Crippen molar-refractivity contribution < 1.29 is 23.7 Å². The van der Waals surface area contributed by atoms with Crippen molar-refractivity contribution in [2.75, 3.05) is 47.6 Å². The van der Waals surface area contributed by atoms with E-state index in [2.05, 4.69) is 23.8 Å². The van der Waals surface area contributed by atoms with Gasteiger partial charge in [0.05, 0.1) is 14.2 Å². The molecule has 2 aromatic carbocycles. The average Bonchev–Trinajstić information content (AvgIpc) is 2.87. The van der Waals surface area contributed by atoms with Gasteiger partial charge in [0.25, 0.3) is 5.91 Å². The number of rotatable bonds is 12. The number of likely N-dealkylation sites (N-methyl/N-ethyl adjacent to an activating group) is 1. The van der Waals surface area contributed by atoms with Crippen molar-refractivity contribution in [1.82, 2.24) is 10.2 Å². The molecule has 0 radical (unpaired) electrons. The van der Waals surface area contributed by atoms with E-state index in [1.165, 1.54) is 0 Å². The predicted octanol–water partition coefficient (Wildman–Crippen LogP) is 3.85. The van der Waals surface area contributed by atoms with Crippen molar-refractivity contribution in [3.05, 3.63) is 65.7 Å². The number of carbonyl (C=O) groups is 1. The smallest absolute Gasteiger partial charge is 0.251 e. The Hall–Kier alpha value is -3.03. The maximum absolute atomic E-state index is 12.8. The van der Waals surface area contributed by atoms with E-state index in [1.807, 2.05) is 30.3 Å². The summed E-state index contributed by atoms with van der Waals surface area (Å²) in [7, 11) is 5.28. The Morgan fingerprint density at radius 2 is 2.00 bits per heavy atom. The Bertz CT molecular complexity index is 956. The zero-order valence-corrected chi connectivity index (χ0v) is 20.5. The molecule has 1 fully saturated rings. The molecule has 1 aliphatic heterocycles. The Kier molecular flexibility index (Phi) is 9.79. The largest absolute Gasteiger partial charge is 0.493 e. The fraction of sp³-hybridized carbons (Fsp3) is 0.444. The van der Waals surface area contributed by atoms with Crippen LogP contribution >= 0.6 is 0 Å². The van der Waals surface area contributed by atoms with Gasteiger partial charge in [0.15, 0.2) is 11.5 Å². The standard InChI is InChI=1S/C27H36N2O5/c1-5-7-21-17-22(18-25(31-3)26(21)32-4)27(30)28-19-20-8-6-9-24(16-20)34-15-12-29(2)23-10-13-33-14-11-23/h5-6,8-9,16-18,23H,1,7,10-15,19H2,2-4H3,(H,28,30). The van der Waals surface area contributed by atoms with E-state index >= 15 is 0 Å². The van der Waals surface area contributed by atoms with Crippen LogP contribution in [0.4, 0.5) is 0 Å². The van der Waals surface area contributed by atoms with Gasteiger partial charge >= 0.3 is 0 Å². The first-order chi connectivity index (χ1) is 16.5. The highest BCUT2D eigenvalue weighted by Crippen LogP contribution is 2.33. The molecular formula is C27H36N2O5. The number of benzene rings is 2. The van der Waals surface area contributed by atoms with Gasteiger partial charge in [-0.25, -0.2) is 0 Å². The van der Waals surface area contributed by atoms with E-state index in [4.69, 9.17) is 18.9 Å². The van der Waals surface area contributed by atoms with Gasteiger partial charge in [-0.1, -0.05) is 18.2 Å². The van der Waals surface area contributed by atoms with Crippen LogP contribution in [0.2, 0.25) is 0 Å². The van der Waals surface area contributed by atoms with Crippen LogP contribution in [0.15, 0.2) is 49.1 Å². The molecule has 0 atom stereocenters. The topological polar surface area (TPSA) is 69.3 Å². The van der Waals surface area contributed by atoms with Crippen LogP contribution in [0.5, 0.6) is 17.2 Å². The average molecular weight is 469 g/mol. The van der Waals surface area contributed by atoms with Crippen molar-refractivity contribution >= 4 is 5.91 Å². The number of allylic oxidation sites excluding steroid dienone is 1. The zero-order chi connectivity index (χ0) is 24.3. The zero-order valence-electron chi connectivity index (χ0n) is 20.5. The lowest BCUT2D eigenvalue weighted by molar-refractivity contribution is 0.0392. The molecule has 0 bridgehead atoms. The van der Waals surface area contributed by atoms with E-state index in [-0.39, 0.29) is 5.91 Å². The minimum atomic E-state index is -0.185. The molecule has 0 aromatic heterocycles. The lowest BCUT2D eigenvalue weighted by atomic mass is 10.0. The predicted molar refractivity (Wildman–Crippen MR) is 133 cm³/mol. The summed E-state index contributed by atoms with van der Waals surface area (Å²) in [5.74, 6) is 1.75. The van der Waals surface area contributed by atoms with Crippen molar-refractivity contribution in [1.29, 1.82) is 0 Å². The van der Waals surface area contributed by atoms with Gasteiger partial charge in [0.1, 0.15) is 12.4 Å². The van der Waals surface area contributed by atoms with E-state index in [1.54, 1.807) is 26.4 Å². The second-order valence-corrected chi connectivity index (χ2v) is 8.37. The fourth-order valence-corrected chi connectivity index (χ4v) is 4.13. The quantitative estimate of drug-likeness (QED) is 0.477. The highest BCUT2D eigenvalue weighted by Gasteiger charge is 2.18. The van der Waals surface area contributed by atoms with Crippen LogP contribution in [-0.4, -0.2) is 64.5 Å². The first kappa shape index (κ1) is 25.6. The number of nitrogens with one attached hydrogen (secondary N) is 1. The minimum absolute atomic E-state index is 0.185. The third kappa shape index (κ3) is 6.98. The Morgan fingerprint density at radius 1 is 1.21 bits per heavy atom. The molecule has 3 rings (SSSR count). The Morgan fingerprint density at radius 3 is 2.71 bits per heavy atom. The summed E-state index contributed by atoms with van der Waals surface area (Å²) in [5, 5.41) is 2.98. The molecule has 0 saturated carbocycles. The van der Waals surface area contributed by atoms with Gasteiger partial charge < -0.3 is 24.3 Å². The number of ether oxygens (including phenoxy) is 4. The van der Waals surface area contributed by atoms with E-state index in [0.717, 1.165) is 49.5 Å². The Balaban J connectivity index is 1.55. The van der Waals surface area contributed by atoms with Crippen molar-refractivity contribution in [2.24, 2.45) is 0 Å². The highest BCUT2D eigenvalue weighted by molar-refractivity contribution is 5.95. The second kappa shape index (κ2) is 13.0. The summed E-state index contributed by atoms with van der Waals surface area (Å²) in [6.45, 7) is 7.32. The van der Waals surface area contributed by atoms with Gasteiger partial charge in [-0.05, 0) is 56.1 Å². The molecule has 1 N–H and O–H groups in total. The van der Waals surface area contributed by atoms with Crippen LogP contribution in [-0.2, 0) is 17.7 Å². The molecule has 2 aromatic rings. The van der Waals surface area contributed by atoms with E-state index in [9.17, 15) is 4.79 Å². The normalized spacial score (nSPS) is 14.0. The maximum Gasteiger partial charge on any atom is 0.251 e. The molecule has 184 valence electrons. The Labute approximate surface area is 202 Å². The minimum Gasteiger partial charge on any atom is -0.493 e. The first-order valence-corrected chi connectivity index (χ1v) is 11.7. The lowest BCUT2D eigenvalue weighted by Gasteiger charge is -2.31. The number of hydrogen-bond donors (Lipinski definition) is 1. The van der Waals surface area contributed by atoms with Crippen LogP contribution in [0.1, 0.15) is 34.3 Å². The fourth-order valence-electron chi connectivity index (χ4n) is 4.13. The molecule has 1 heterocycles. The molecule has 1 amide bonds. The van der Waals surface area contributed by atoms with Crippen molar-refractivity contribution in [2.45, 2.75) is 31.8 Å². The van der Waals surface area contributed by atoms with Crippen molar-refractivity contribution in [3.63, 3.8) is 0 Å². The van der Waals surface area contributed by atoms with Gasteiger partial charge in [-0.15, -0.1) is 6.58 Å². The molecule has 0 unspecified atom stereocenters. The van der Waals surface area contributed by atoms with E-state index in [0.29, 0.717) is 42.7 Å². The maximum atomic E-state index is 12.8. The highest BCUT2D eigenvalue weighted by atomic mass is 16.5. The number of amides is 1. The molecule has 7 heteroatoms. The molecular weight excluding hydrogens is 432 g/mol. The third-order valence-corrected chi connectivity index (χ3v) is 6.06. The molecule has 0 aliphatic carbocycles. The lowest BCUT2D eigenvalue weighted by Crippen LogP contribution is -2.38. The van der Waals surface area contributed by atoms with Gasteiger partial charge in [-0.3, -0.25) is 9.69 Å². The summed E-state index contributed by atoms with van der Waals surface area (Å²) in [5.41, 5.74) is 2.33. The molecule has 7 nitrogen and oxygen atoms in total. The van der Waals surface area contributed by atoms with Gasteiger partial charge in [0, 0.05) is 43.5 Å². The number of hydrogen-bond acceptors (Lipinski definition) is 6. The molecule has 1 aliphatic rings. The number of carbonyl (C=O) groups excluding carboxylic acids is 1. The van der Waals surface area contributed by atoms with Crippen LogP contribution in [0.25, 0.3) is 0 Å². The van der Waals surface area contributed by atoms with E-state index < -0.39 is 0 Å². The van der Waals surface area contributed by atoms with Gasteiger partial charge in [0.2, 0.25) is 0 Å². The van der Waals surface area contributed by atoms with Crippen molar-refractivity contribution in [3.8, 4) is 17.2 Å². The second-order valence-electron chi connectivity index (χ2n) is 8.37. The molecule has 1 saturated heterocycles. The SMILES string of the molecule is C=CCc1cc(C(=O)NCc2cccc(OCCN(C)C3CCOCC3)c2)cc(OC)c1OC. The van der Waals surface area contributed by atoms with Crippen LogP contribution < -0.4 is 19.5 Å². The number of methoxy groups -OCH3 is 2. The summed E-state index contributed by atoms with van der Waals surface area (Å²) >= 11 is 0. The summed E-state index contributed by atoms with van der Waals surface area (Å²) in [4.78, 5) is 15.2. The number of nitrogens with zero attached hydrogens (tertiary/aromatic N) is 1. The first-order valence-electron chi connectivity index (χ1n) is 11.7. The molecule has 34 heavy (non-hydrogen) atoms. The summed E-state index contributed by atoms with van der Waals surface area (Å²) in [6, 6.07) is 11.9.